The van der Waals surface area contributed by atoms with E-state index >= 15 is 0 Å². The van der Waals surface area contributed by atoms with Gasteiger partial charge in [-0.15, -0.1) is 0 Å². The Morgan fingerprint density at radius 2 is 1.47 bits per heavy atom. The molecule has 1 N–H and O–H groups in total. The zero-order valence-corrected chi connectivity index (χ0v) is 12.9. The van der Waals surface area contributed by atoms with Gasteiger partial charge < -0.3 is 9.84 Å². The molecule has 1 rings (SSSR count). The van der Waals surface area contributed by atoms with Crippen LogP contribution in [0.4, 0.5) is 0 Å². The molecule has 19 heavy (non-hydrogen) atoms. The fraction of sp³-hybridized carbons (Fsp3) is 1.00. The van der Waals surface area contributed by atoms with E-state index in [9.17, 15) is 5.11 Å². The first-order valence-corrected chi connectivity index (χ1v) is 8.64. The van der Waals surface area contributed by atoms with Crippen molar-refractivity contribution in [2.75, 3.05) is 6.61 Å². The number of ether oxygens (including phenoxy) is 1. The summed E-state index contributed by atoms with van der Waals surface area (Å²) in [4.78, 5) is 0. The molecular formula is C17H34O2. The number of aliphatic hydroxyl groups is 1. The second kappa shape index (κ2) is 11.7. The lowest BCUT2D eigenvalue weighted by Crippen LogP contribution is -2.28. The van der Waals surface area contributed by atoms with Crippen molar-refractivity contribution in [2.24, 2.45) is 0 Å². The van der Waals surface area contributed by atoms with Gasteiger partial charge in [0.1, 0.15) is 0 Å². The first kappa shape index (κ1) is 17.0. The average Bonchev–Trinajstić information content (AvgIpc) is 2.62. The largest absolute Gasteiger partial charge is 0.390 e. The van der Waals surface area contributed by atoms with E-state index in [-0.39, 0.29) is 12.2 Å². The van der Waals surface area contributed by atoms with E-state index in [1.165, 1.54) is 64.2 Å². The molecule has 0 aromatic carbocycles. The highest BCUT2D eigenvalue weighted by molar-refractivity contribution is 4.73. The lowest BCUT2D eigenvalue weighted by atomic mass is 10.1. The smallest absolute Gasteiger partial charge is 0.0833 e. The third-order valence-electron chi connectivity index (χ3n) is 4.25. The van der Waals surface area contributed by atoms with Crippen LogP contribution in [-0.2, 0) is 4.74 Å². The fourth-order valence-electron chi connectivity index (χ4n) is 2.92. The highest BCUT2D eigenvalue weighted by Crippen LogP contribution is 2.21. The van der Waals surface area contributed by atoms with Gasteiger partial charge in [-0.1, -0.05) is 71.1 Å². The van der Waals surface area contributed by atoms with E-state index in [0.29, 0.717) is 0 Å². The molecule has 1 aliphatic carbocycles. The molecule has 0 aromatic rings. The monoisotopic (exact) mass is 270 g/mol. The van der Waals surface area contributed by atoms with E-state index in [2.05, 4.69) is 6.92 Å². The Hall–Kier alpha value is -0.0800. The van der Waals surface area contributed by atoms with Crippen molar-refractivity contribution in [3.8, 4) is 0 Å². The second-order valence-electron chi connectivity index (χ2n) is 6.09. The first-order chi connectivity index (χ1) is 9.34. The van der Waals surface area contributed by atoms with Gasteiger partial charge in [0.05, 0.1) is 12.2 Å². The zero-order valence-electron chi connectivity index (χ0n) is 12.9. The molecule has 0 spiro atoms. The summed E-state index contributed by atoms with van der Waals surface area (Å²) in [6.45, 7) is 3.11. The van der Waals surface area contributed by atoms with Crippen molar-refractivity contribution in [2.45, 2.75) is 103 Å². The normalized spacial score (nSPS) is 24.3. The third kappa shape index (κ3) is 8.65. The number of rotatable bonds is 10. The lowest BCUT2D eigenvalue weighted by Gasteiger charge is -2.20. The predicted molar refractivity (Wildman–Crippen MR) is 81.4 cm³/mol. The third-order valence-corrected chi connectivity index (χ3v) is 4.25. The Morgan fingerprint density at radius 1 is 0.842 bits per heavy atom. The summed E-state index contributed by atoms with van der Waals surface area (Å²) in [5, 5.41) is 9.95. The highest BCUT2D eigenvalue weighted by Gasteiger charge is 2.21. The molecule has 2 atom stereocenters. The van der Waals surface area contributed by atoms with Gasteiger partial charge in [0.25, 0.3) is 0 Å². The summed E-state index contributed by atoms with van der Waals surface area (Å²) in [6.07, 6.45) is 16.2. The maximum atomic E-state index is 9.95. The van der Waals surface area contributed by atoms with Crippen molar-refractivity contribution in [3.05, 3.63) is 0 Å². The van der Waals surface area contributed by atoms with Gasteiger partial charge in [-0.05, 0) is 19.3 Å². The summed E-state index contributed by atoms with van der Waals surface area (Å²) >= 11 is 0. The molecule has 1 aliphatic rings. The molecule has 0 radical (unpaired) electrons. The van der Waals surface area contributed by atoms with E-state index in [1.54, 1.807) is 0 Å². The Balaban J connectivity index is 1.89. The summed E-state index contributed by atoms with van der Waals surface area (Å²) in [5.41, 5.74) is 0. The van der Waals surface area contributed by atoms with Crippen LogP contribution in [0.2, 0.25) is 0 Å². The van der Waals surface area contributed by atoms with Crippen LogP contribution < -0.4 is 0 Å². The molecule has 2 heteroatoms. The number of hydrogen-bond donors (Lipinski definition) is 1. The summed E-state index contributed by atoms with van der Waals surface area (Å²) in [5.74, 6) is 0. The van der Waals surface area contributed by atoms with Gasteiger partial charge in [-0.25, -0.2) is 0 Å². The van der Waals surface area contributed by atoms with Crippen LogP contribution in [-0.4, -0.2) is 23.9 Å². The number of unbranched alkanes of at least 4 members (excludes halogenated alkanes) is 7. The van der Waals surface area contributed by atoms with Crippen LogP contribution >= 0.6 is 0 Å². The van der Waals surface area contributed by atoms with Gasteiger partial charge in [0.2, 0.25) is 0 Å². The lowest BCUT2D eigenvalue weighted by molar-refractivity contribution is -0.0412. The molecule has 0 aromatic heterocycles. The van der Waals surface area contributed by atoms with Gasteiger partial charge in [-0.3, -0.25) is 0 Å². The van der Waals surface area contributed by atoms with Crippen molar-refractivity contribution < 1.29 is 9.84 Å². The van der Waals surface area contributed by atoms with Crippen LogP contribution in [0.15, 0.2) is 0 Å². The number of hydrogen-bond acceptors (Lipinski definition) is 2. The van der Waals surface area contributed by atoms with Crippen LogP contribution in [0, 0.1) is 0 Å². The van der Waals surface area contributed by atoms with Gasteiger partial charge in [-0.2, -0.15) is 0 Å². The molecule has 1 fully saturated rings. The van der Waals surface area contributed by atoms with Crippen molar-refractivity contribution in [1.82, 2.24) is 0 Å². The molecular weight excluding hydrogens is 236 g/mol. The minimum absolute atomic E-state index is 0.118. The quantitative estimate of drug-likeness (QED) is 0.455. The summed E-state index contributed by atoms with van der Waals surface area (Å²) < 4.78 is 5.87. The first-order valence-electron chi connectivity index (χ1n) is 8.64. The van der Waals surface area contributed by atoms with Crippen LogP contribution in [0.5, 0.6) is 0 Å². The second-order valence-corrected chi connectivity index (χ2v) is 6.09. The predicted octanol–water partition coefficient (Wildman–Crippen LogP) is 4.84. The number of aliphatic hydroxyl groups excluding tert-OH is 1. The van der Waals surface area contributed by atoms with E-state index in [1.807, 2.05) is 0 Å². The van der Waals surface area contributed by atoms with E-state index < -0.39 is 0 Å². The Morgan fingerprint density at radius 3 is 2.21 bits per heavy atom. The molecule has 0 saturated heterocycles. The standard InChI is InChI=1S/C17H34O2/c1-2-3-4-5-6-7-8-12-15-19-17-14-11-9-10-13-16(17)18/h16-18H,2-15H2,1H3. The van der Waals surface area contributed by atoms with E-state index in [0.717, 1.165) is 25.9 Å². The van der Waals surface area contributed by atoms with Gasteiger partial charge >= 0.3 is 0 Å². The molecule has 114 valence electrons. The SMILES string of the molecule is CCCCCCCCCCOC1CCCCCC1O. The van der Waals surface area contributed by atoms with Crippen molar-refractivity contribution in [1.29, 1.82) is 0 Å². The zero-order chi connectivity index (χ0) is 13.8. The average molecular weight is 270 g/mol. The molecule has 0 aliphatic heterocycles. The van der Waals surface area contributed by atoms with Gasteiger partial charge in [0, 0.05) is 6.61 Å². The van der Waals surface area contributed by atoms with Crippen LogP contribution in [0.1, 0.15) is 90.4 Å². The minimum atomic E-state index is -0.212. The highest BCUT2D eigenvalue weighted by atomic mass is 16.5. The Kier molecular flexibility index (Phi) is 10.5. The molecule has 0 bridgehead atoms. The van der Waals surface area contributed by atoms with Crippen LogP contribution in [0.3, 0.4) is 0 Å². The molecule has 2 nitrogen and oxygen atoms in total. The summed E-state index contributed by atoms with van der Waals surface area (Å²) in [7, 11) is 0. The molecule has 0 amide bonds. The molecule has 2 unspecified atom stereocenters. The Bertz CT molecular complexity index is 194. The maximum Gasteiger partial charge on any atom is 0.0833 e. The van der Waals surface area contributed by atoms with Crippen molar-refractivity contribution in [3.63, 3.8) is 0 Å². The van der Waals surface area contributed by atoms with Gasteiger partial charge in [0.15, 0.2) is 0 Å². The van der Waals surface area contributed by atoms with E-state index in [4.69, 9.17) is 4.74 Å². The topological polar surface area (TPSA) is 29.5 Å². The fourth-order valence-corrected chi connectivity index (χ4v) is 2.92. The molecule has 0 heterocycles. The minimum Gasteiger partial charge on any atom is -0.390 e. The maximum absolute atomic E-state index is 9.95. The van der Waals surface area contributed by atoms with Crippen LogP contribution in [0.25, 0.3) is 0 Å². The van der Waals surface area contributed by atoms with Crippen molar-refractivity contribution >= 4 is 0 Å². The Labute approximate surface area is 119 Å². The molecule has 1 saturated carbocycles. The summed E-state index contributed by atoms with van der Waals surface area (Å²) in [6, 6.07) is 0.